The predicted octanol–water partition coefficient (Wildman–Crippen LogP) is 4.26. The number of furan rings is 1. The lowest BCUT2D eigenvalue weighted by atomic mass is 10.2. The highest BCUT2D eigenvalue weighted by Gasteiger charge is 2.08. The molecule has 20 heavy (non-hydrogen) atoms. The first-order chi connectivity index (χ1) is 9.54. The fourth-order valence-corrected chi connectivity index (χ4v) is 2.16. The Hall–Kier alpha value is -1.33. The molecular weight excluding hydrogens is 325 g/mol. The zero-order valence-corrected chi connectivity index (χ0v) is 13.0. The van der Waals surface area contributed by atoms with Crippen LogP contribution in [0.4, 0.5) is 4.39 Å². The maximum atomic E-state index is 13.2. The van der Waals surface area contributed by atoms with Gasteiger partial charge in [0.05, 0.1) is 12.8 Å². The van der Waals surface area contributed by atoms with Crippen LogP contribution in [0.2, 0.25) is 0 Å². The van der Waals surface area contributed by atoms with Gasteiger partial charge in [0.1, 0.15) is 23.9 Å². The summed E-state index contributed by atoms with van der Waals surface area (Å²) in [6.45, 7) is 5.14. The molecule has 0 amide bonds. The van der Waals surface area contributed by atoms with Gasteiger partial charge < -0.3 is 14.5 Å². The molecule has 0 saturated heterocycles. The maximum Gasteiger partial charge on any atom is 0.128 e. The largest absolute Gasteiger partial charge is 0.489 e. The fourth-order valence-electron chi connectivity index (χ4n) is 1.72. The number of rotatable bonds is 6. The molecule has 3 nitrogen and oxygen atoms in total. The first-order valence-electron chi connectivity index (χ1n) is 6.42. The summed E-state index contributed by atoms with van der Waals surface area (Å²) in [4.78, 5) is 0. The summed E-state index contributed by atoms with van der Waals surface area (Å²) >= 11 is 3.24. The fraction of sp³-hybridized carbons (Fsp3) is 0.333. The van der Waals surface area contributed by atoms with E-state index in [-0.39, 0.29) is 5.82 Å². The van der Waals surface area contributed by atoms with E-state index in [0.717, 1.165) is 11.3 Å². The second kappa shape index (κ2) is 6.90. The van der Waals surface area contributed by atoms with E-state index in [1.807, 2.05) is 6.07 Å². The van der Waals surface area contributed by atoms with Crippen LogP contribution >= 0.6 is 15.9 Å². The van der Waals surface area contributed by atoms with Crippen molar-refractivity contribution in [3.05, 3.63) is 52.1 Å². The predicted molar refractivity (Wildman–Crippen MR) is 79.1 cm³/mol. The van der Waals surface area contributed by atoms with E-state index in [1.165, 1.54) is 12.1 Å². The Morgan fingerprint density at radius 3 is 2.85 bits per heavy atom. The standard InChI is InChI=1S/C15H17BrFNO2/c1-10(2)18-8-15-11(3-4-19-15)9-20-14-6-12(16)5-13(17)7-14/h3-7,10,18H,8-9H2,1-2H3. The monoisotopic (exact) mass is 341 g/mol. The van der Waals surface area contributed by atoms with Crippen molar-refractivity contribution in [3.8, 4) is 5.75 Å². The lowest BCUT2D eigenvalue weighted by Gasteiger charge is -2.09. The van der Waals surface area contributed by atoms with Crippen LogP contribution < -0.4 is 10.1 Å². The summed E-state index contributed by atoms with van der Waals surface area (Å²) < 4.78 is 24.9. The quantitative estimate of drug-likeness (QED) is 0.852. The highest BCUT2D eigenvalue weighted by atomic mass is 79.9. The molecule has 0 radical (unpaired) electrons. The summed E-state index contributed by atoms with van der Waals surface area (Å²) in [5, 5.41) is 3.29. The Bertz CT molecular complexity index is 549. The molecule has 1 N–H and O–H groups in total. The van der Waals surface area contributed by atoms with Gasteiger partial charge in [0.15, 0.2) is 0 Å². The van der Waals surface area contributed by atoms with Crippen molar-refractivity contribution in [1.29, 1.82) is 0 Å². The van der Waals surface area contributed by atoms with Crippen molar-refractivity contribution in [2.75, 3.05) is 0 Å². The van der Waals surface area contributed by atoms with Gasteiger partial charge in [-0.25, -0.2) is 4.39 Å². The molecule has 0 aliphatic rings. The van der Waals surface area contributed by atoms with E-state index in [9.17, 15) is 4.39 Å². The van der Waals surface area contributed by atoms with Gasteiger partial charge in [0.2, 0.25) is 0 Å². The van der Waals surface area contributed by atoms with Crippen molar-refractivity contribution in [2.45, 2.75) is 33.0 Å². The summed E-state index contributed by atoms with van der Waals surface area (Å²) in [5.41, 5.74) is 0.957. The molecule has 108 valence electrons. The molecule has 0 bridgehead atoms. The first-order valence-corrected chi connectivity index (χ1v) is 7.21. The molecule has 0 unspecified atom stereocenters. The minimum absolute atomic E-state index is 0.330. The van der Waals surface area contributed by atoms with Gasteiger partial charge in [-0.15, -0.1) is 0 Å². The third kappa shape index (κ3) is 4.35. The third-order valence-electron chi connectivity index (χ3n) is 2.74. The molecule has 0 atom stereocenters. The zero-order valence-electron chi connectivity index (χ0n) is 11.5. The Morgan fingerprint density at radius 1 is 1.35 bits per heavy atom. The molecule has 5 heteroatoms. The summed E-state index contributed by atoms with van der Waals surface area (Å²) in [6, 6.07) is 6.73. The SMILES string of the molecule is CC(C)NCc1occc1COc1cc(F)cc(Br)c1. The van der Waals surface area contributed by atoms with Crippen LogP contribution in [0.15, 0.2) is 39.4 Å². The average molecular weight is 342 g/mol. The molecule has 0 aliphatic carbocycles. The van der Waals surface area contributed by atoms with Crippen molar-refractivity contribution >= 4 is 15.9 Å². The Balaban J connectivity index is 1.98. The van der Waals surface area contributed by atoms with Crippen LogP contribution in [-0.4, -0.2) is 6.04 Å². The van der Waals surface area contributed by atoms with Gasteiger partial charge >= 0.3 is 0 Å². The molecule has 0 fully saturated rings. The topological polar surface area (TPSA) is 34.4 Å². The number of benzene rings is 1. The van der Waals surface area contributed by atoms with Gasteiger partial charge in [0, 0.05) is 22.1 Å². The van der Waals surface area contributed by atoms with Crippen molar-refractivity contribution < 1.29 is 13.5 Å². The van der Waals surface area contributed by atoms with E-state index < -0.39 is 0 Å². The van der Waals surface area contributed by atoms with Crippen molar-refractivity contribution in [1.82, 2.24) is 5.32 Å². The lowest BCUT2D eigenvalue weighted by molar-refractivity contribution is 0.299. The third-order valence-corrected chi connectivity index (χ3v) is 3.20. The van der Waals surface area contributed by atoms with Crippen molar-refractivity contribution in [2.24, 2.45) is 0 Å². The van der Waals surface area contributed by atoms with Gasteiger partial charge in [-0.3, -0.25) is 0 Å². The molecule has 2 rings (SSSR count). The number of ether oxygens (including phenoxy) is 1. The van der Waals surface area contributed by atoms with E-state index in [2.05, 4.69) is 35.1 Å². The summed E-state index contributed by atoms with van der Waals surface area (Å²) in [7, 11) is 0. The molecule has 0 saturated carbocycles. The highest BCUT2D eigenvalue weighted by Crippen LogP contribution is 2.22. The molecule has 1 heterocycles. The summed E-state index contributed by atoms with van der Waals surface area (Å²) in [6.07, 6.45) is 1.64. The Labute approximate surface area is 126 Å². The van der Waals surface area contributed by atoms with E-state index in [0.29, 0.717) is 29.4 Å². The first kappa shape index (κ1) is 15.1. The van der Waals surface area contributed by atoms with Crippen LogP contribution in [0, 0.1) is 5.82 Å². The van der Waals surface area contributed by atoms with Gasteiger partial charge in [-0.05, 0) is 18.2 Å². The number of hydrogen-bond acceptors (Lipinski definition) is 3. The van der Waals surface area contributed by atoms with Crippen LogP contribution in [0.3, 0.4) is 0 Å². The number of hydrogen-bond donors (Lipinski definition) is 1. The number of halogens is 2. The second-order valence-electron chi connectivity index (χ2n) is 4.80. The van der Waals surface area contributed by atoms with E-state index in [4.69, 9.17) is 9.15 Å². The van der Waals surface area contributed by atoms with Crippen LogP contribution in [0.25, 0.3) is 0 Å². The molecule has 1 aromatic heterocycles. The van der Waals surface area contributed by atoms with E-state index in [1.54, 1.807) is 12.3 Å². The van der Waals surface area contributed by atoms with Crippen molar-refractivity contribution in [3.63, 3.8) is 0 Å². The Kier molecular flexibility index (Phi) is 5.20. The minimum atomic E-state index is -0.330. The van der Waals surface area contributed by atoms with Crippen LogP contribution in [0.5, 0.6) is 5.75 Å². The van der Waals surface area contributed by atoms with Crippen LogP contribution in [0.1, 0.15) is 25.2 Å². The van der Waals surface area contributed by atoms with Crippen LogP contribution in [-0.2, 0) is 13.2 Å². The Morgan fingerprint density at radius 2 is 2.15 bits per heavy atom. The molecule has 2 aromatic rings. The molecule has 0 aliphatic heterocycles. The zero-order chi connectivity index (χ0) is 14.5. The molecule has 1 aromatic carbocycles. The summed E-state index contributed by atoms with van der Waals surface area (Å²) in [5.74, 6) is 0.998. The van der Waals surface area contributed by atoms with E-state index >= 15 is 0 Å². The second-order valence-corrected chi connectivity index (χ2v) is 5.71. The molecule has 0 spiro atoms. The minimum Gasteiger partial charge on any atom is -0.489 e. The normalized spacial score (nSPS) is 11.1. The van der Waals surface area contributed by atoms with Gasteiger partial charge in [-0.1, -0.05) is 29.8 Å². The van der Waals surface area contributed by atoms with Gasteiger partial charge in [-0.2, -0.15) is 0 Å². The average Bonchev–Trinajstić information content (AvgIpc) is 2.80. The maximum absolute atomic E-state index is 13.2. The lowest BCUT2D eigenvalue weighted by Crippen LogP contribution is -2.22. The smallest absolute Gasteiger partial charge is 0.128 e. The van der Waals surface area contributed by atoms with Gasteiger partial charge in [0.25, 0.3) is 0 Å². The number of nitrogens with one attached hydrogen (secondary N) is 1. The highest BCUT2D eigenvalue weighted by molar-refractivity contribution is 9.10. The molecular formula is C15H17BrFNO2.